The summed E-state index contributed by atoms with van der Waals surface area (Å²) in [6.07, 6.45) is 0.714. The molecule has 0 heterocycles. The number of nitrogens with two attached hydrogens (primary N) is 1. The number of rotatable bonds is 2. The number of hydrogen-bond donors (Lipinski definition) is 1. The molecular formula is C7H11NO2. The van der Waals surface area contributed by atoms with E-state index in [0.29, 0.717) is 0 Å². The molecule has 0 fully saturated rings. The lowest BCUT2D eigenvalue weighted by molar-refractivity contribution is -0.141. The van der Waals surface area contributed by atoms with E-state index < -0.39 is 5.97 Å². The first-order valence-electron chi connectivity index (χ1n) is 3.13. The maximum atomic E-state index is 10.5. The van der Waals surface area contributed by atoms with Crippen LogP contribution in [-0.2, 0) is 9.53 Å². The van der Waals surface area contributed by atoms with E-state index in [1.807, 2.05) is 13.0 Å². The van der Waals surface area contributed by atoms with Gasteiger partial charge < -0.3 is 10.5 Å². The van der Waals surface area contributed by atoms with Crippen LogP contribution in [0.5, 0.6) is 0 Å². The van der Waals surface area contributed by atoms with Gasteiger partial charge in [0, 0.05) is 12.0 Å². The summed E-state index contributed by atoms with van der Waals surface area (Å²) in [6.45, 7) is 3.73. The molecule has 3 heteroatoms. The van der Waals surface area contributed by atoms with Crippen LogP contribution in [0.4, 0.5) is 0 Å². The van der Waals surface area contributed by atoms with Crippen LogP contribution in [0.1, 0.15) is 20.3 Å². The molecule has 10 heavy (non-hydrogen) atoms. The zero-order valence-corrected chi connectivity index (χ0v) is 6.18. The number of carbonyl (C=O) groups is 1. The summed E-state index contributed by atoms with van der Waals surface area (Å²) in [5.74, 6) is 1.52. The molecule has 0 aliphatic rings. The number of hydrogen-bond acceptors (Lipinski definition) is 3. The van der Waals surface area contributed by atoms with E-state index in [1.54, 1.807) is 6.92 Å². The Labute approximate surface area is 60.5 Å². The Balaban J connectivity index is 3.64. The summed E-state index contributed by atoms with van der Waals surface area (Å²) in [5, 5.41) is 0. The molecule has 0 bridgehead atoms. The predicted octanol–water partition coefficient (Wildman–Crippen LogP) is 0.248. The van der Waals surface area contributed by atoms with Crippen molar-refractivity contribution in [3.8, 4) is 12.0 Å². The van der Waals surface area contributed by atoms with Gasteiger partial charge in [0.05, 0.1) is 6.10 Å². The summed E-state index contributed by atoms with van der Waals surface area (Å²) in [7, 11) is 0. The molecular weight excluding hydrogens is 130 g/mol. The normalized spacial score (nSPS) is 11.0. The van der Waals surface area contributed by atoms with Crippen molar-refractivity contribution in [2.75, 3.05) is 0 Å². The molecule has 2 N–H and O–H groups in total. The van der Waals surface area contributed by atoms with Crippen LogP contribution in [0.3, 0.4) is 0 Å². The number of esters is 1. The summed E-state index contributed by atoms with van der Waals surface area (Å²) in [5.41, 5.74) is 4.78. The highest BCUT2D eigenvalue weighted by Crippen LogP contribution is 1.94. The zero-order chi connectivity index (χ0) is 7.98. The Hall–Kier alpha value is -1.17. The Kier molecular flexibility index (Phi) is 4.14. The lowest BCUT2D eigenvalue weighted by atomic mass is 10.3. The zero-order valence-electron chi connectivity index (χ0n) is 6.18. The van der Waals surface area contributed by atoms with E-state index in [4.69, 9.17) is 10.5 Å². The van der Waals surface area contributed by atoms with Crippen molar-refractivity contribution in [2.45, 2.75) is 26.4 Å². The lowest BCUT2D eigenvalue weighted by Crippen LogP contribution is -2.12. The van der Waals surface area contributed by atoms with Crippen molar-refractivity contribution in [3.05, 3.63) is 0 Å². The molecule has 0 rings (SSSR count). The molecule has 1 atom stereocenters. The van der Waals surface area contributed by atoms with Gasteiger partial charge in [-0.25, -0.2) is 4.79 Å². The van der Waals surface area contributed by atoms with Crippen LogP contribution in [0, 0.1) is 12.0 Å². The topological polar surface area (TPSA) is 52.3 Å². The van der Waals surface area contributed by atoms with Crippen molar-refractivity contribution in [1.82, 2.24) is 0 Å². The smallest absolute Gasteiger partial charge is 0.386 e. The van der Waals surface area contributed by atoms with Gasteiger partial charge >= 0.3 is 5.97 Å². The molecule has 0 amide bonds. The van der Waals surface area contributed by atoms with Gasteiger partial charge in [-0.05, 0) is 13.3 Å². The predicted molar refractivity (Wildman–Crippen MR) is 37.8 cm³/mol. The third-order valence-electron chi connectivity index (χ3n) is 1.06. The fraction of sp³-hybridized carbons (Fsp3) is 0.571. The number of carbonyl (C=O) groups excluding carboxylic acids is 1. The van der Waals surface area contributed by atoms with Gasteiger partial charge in [-0.15, -0.1) is 0 Å². The minimum Gasteiger partial charge on any atom is -0.453 e. The largest absolute Gasteiger partial charge is 0.453 e. The minimum absolute atomic E-state index is 0.0756. The second-order valence-corrected chi connectivity index (χ2v) is 1.89. The van der Waals surface area contributed by atoms with Crippen LogP contribution in [0.2, 0.25) is 0 Å². The van der Waals surface area contributed by atoms with Crippen molar-refractivity contribution in [1.29, 1.82) is 0 Å². The monoisotopic (exact) mass is 141 g/mol. The van der Waals surface area contributed by atoms with Gasteiger partial charge in [0.1, 0.15) is 0 Å². The van der Waals surface area contributed by atoms with Gasteiger partial charge in [0.2, 0.25) is 0 Å². The first kappa shape index (κ1) is 8.83. The van der Waals surface area contributed by atoms with Crippen LogP contribution in [0.25, 0.3) is 0 Å². The molecule has 0 saturated heterocycles. The van der Waals surface area contributed by atoms with Crippen molar-refractivity contribution < 1.29 is 9.53 Å². The van der Waals surface area contributed by atoms with E-state index in [1.165, 1.54) is 0 Å². The van der Waals surface area contributed by atoms with E-state index in [-0.39, 0.29) is 6.10 Å². The third-order valence-corrected chi connectivity index (χ3v) is 1.06. The number of ether oxygens (including phenoxy) is 1. The molecule has 0 aliphatic carbocycles. The van der Waals surface area contributed by atoms with Gasteiger partial charge in [-0.3, -0.25) is 0 Å². The average molecular weight is 141 g/mol. The SMILES string of the molecule is CCC(C)OC(=O)C#CN. The van der Waals surface area contributed by atoms with Gasteiger partial charge in [-0.1, -0.05) is 6.92 Å². The second kappa shape index (κ2) is 4.68. The molecule has 0 aromatic rings. The van der Waals surface area contributed by atoms with E-state index in [9.17, 15) is 4.79 Å². The highest BCUT2D eigenvalue weighted by atomic mass is 16.5. The Bertz CT molecular complexity index is 166. The molecule has 0 spiro atoms. The molecule has 0 aromatic carbocycles. The second-order valence-electron chi connectivity index (χ2n) is 1.89. The molecule has 3 nitrogen and oxygen atoms in total. The first-order chi connectivity index (χ1) is 4.70. The van der Waals surface area contributed by atoms with E-state index in [0.717, 1.165) is 6.42 Å². The maximum Gasteiger partial charge on any atom is 0.386 e. The van der Waals surface area contributed by atoms with Gasteiger partial charge in [-0.2, -0.15) is 0 Å². The summed E-state index contributed by atoms with van der Waals surface area (Å²) in [6, 6.07) is 1.97. The Morgan fingerprint density at radius 2 is 2.40 bits per heavy atom. The first-order valence-corrected chi connectivity index (χ1v) is 3.13. The fourth-order valence-corrected chi connectivity index (χ4v) is 0.354. The van der Waals surface area contributed by atoms with Gasteiger partial charge in [0.15, 0.2) is 0 Å². The van der Waals surface area contributed by atoms with Crippen molar-refractivity contribution in [3.63, 3.8) is 0 Å². The Morgan fingerprint density at radius 1 is 1.80 bits per heavy atom. The van der Waals surface area contributed by atoms with E-state index >= 15 is 0 Å². The quantitative estimate of drug-likeness (QED) is 0.340. The fourth-order valence-electron chi connectivity index (χ4n) is 0.354. The molecule has 56 valence electrons. The minimum atomic E-state index is -0.558. The van der Waals surface area contributed by atoms with E-state index in [2.05, 4.69) is 5.92 Å². The standard InChI is InChI=1S/C7H11NO2/c1-3-6(2)10-7(9)4-5-8/h6H,3,8H2,1-2H3. The van der Waals surface area contributed by atoms with Crippen molar-refractivity contribution >= 4 is 5.97 Å². The highest BCUT2D eigenvalue weighted by molar-refractivity contribution is 5.88. The van der Waals surface area contributed by atoms with Crippen LogP contribution < -0.4 is 5.73 Å². The van der Waals surface area contributed by atoms with Crippen LogP contribution >= 0.6 is 0 Å². The molecule has 0 radical (unpaired) electrons. The molecule has 0 aromatic heterocycles. The summed E-state index contributed by atoms with van der Waals surface area (Å²) in [4.78, 5) is 10.5. The molecule has 0 aliphatic heterocycles. The van der Waals surface area contributed by atoms with Gasteiger partial charge in [0.25, 0.3) is 0 Å². The average Bonchev–Trinajstić information content (AvgIpc) is 1.88. The lowest BCUT2D eigenvalue weighted by Gasteiger charge is -2.05. The summed E-state index contributed by atoms with van der Waals surface area (Å²) >= 11 is 0. The van der Waals surface area contributed by atoms with Crippen LogP contribution in [0.15, 0.2) is 0 Å². The molecule has 0 saturated carbocycles. The van der Waals surface area contributed by atoms with Crippen LogP contribution in [-0.4, -0.2) is 12.1 Å². The maximum absolute atomic E-state index is 10.5. The highest BCUT2D eigenvalue weighted by Gasteiger charge is 2.02. The molecule has 1 unspecified atom stereocenters. The Morgan fingerprint density at radius 3 is 2.80 bits per heavy atom. The third kappa shape index (κ3) is 3.79. The summed E-state index contributed by atoms with van der Waals surface area (Å²) < 4.78 is 4.75. The van der Waals surface area contributed by atoms with Crippen molar-refractivity contribution in [2.24, 2.45) is 5.73 Å².